The lowest BCUT2D eigenvalue weighted by molar-refractivity contribution is 0.0950. The van der Waals surface area contributed by atoms with Crippen molar-refractivity contribution in [3.8, 4) is 22.7 Å². The molecule has 5 nitrogen and oxygen atoms in total. The van der Waals surface area contributed by atoms with Gasteiger partial charge in [0.15, 0.2) is 0 Å². The van der Waals surface area contributed by atoms with Crippen molar-refractivity contribution >= 4 is 5.91 Å². The molecule has 5 heteroatoms. The van der Waals surface area contributed by atoms with Crippen molar-refractivity contribution in [2.24, 2.45) is 0 Å². The van der Waals surface area contributed by atoms with Gasteiger partial charge in [-0.15, -0.1) is 0 Å². The Morgan fingerprint density at radius 2 is 1.80 bits per heavy atom. The number of amides is 1. The summed E-state index contributed by atoms with van der Waals surface area (Å²) < 4.78 is 7.67. The zero-order valence-corrected chi connectivity index (χ0v) is 17.0. The van der Waals surface area contributed by atoms with Crippen LogP contribution >= 0.6 is 0 Å². The Balaban J connectivity index is 1.77. The van der Waals surface area contributed by atoms with Gasteiger partial charge in [-0.05, 0) is 42.3 Å². The largest absolute Gasteiger partial charge is 0.495 e. The number of rotatable bonds is 6. The number of nitrogens with one attached hydrogen (secondary N) is 1. The zero-order chi connectivity index (χ0) is 20.9. The van der Waals surface area contributed by atoms with E-state index in [1.807, 2.05) is 79.7 Å². The highest BCUT2D eigenvalue weighted by Gasteiger charge is 2.21. The van der Waals surface area contributed by atoms with Gasteiger partial charge < -0.3 is 14.6 Å². The fraction of sp³-hybridized carbons (Fsp3) is 0.120. The van der Waals surface area contributed by atoms with E-state index in [-0.39, 0.29) is 5.91 Å². The molecular formula is C25H23N3O2. The molecular weight excluding hydrogens is 374 g/mol. The molecule has 0 bridgehead atoms. The van der Waals surface area contributed by atoms with Gasteiger partial charge in [-0.3, -0.25) is 9.78 Å². The third-order valence-electron chi connectivity index (χ3n) is 5.06. The average molecular weight is 397 g/mol. The number of carbonyl (C=O) groups excluding carboxylic acids is 1. The maximum Gasteiger partial charge on any atom is 0.253 e. The molecule has 150 valence electrons. The molecule has 2 aromatic heterocycles. The second kappa shape index (κ2) is 8.66. The molecule has 1 amide bonds. The Kier molecular flexibility index (Phi) is 5.61. The van der Waals surface area contributed by atoms with Crippen molar-refractivity contribution in [3.05, 3.63) is 102 Å². The van der Waals surface area contributed by atoms with Crippen molar-refractivity contribution in [3.63, 3.8) is 0 Å². The van der Waals surface area contributed by atoms with E-state index in [0.29, 0.717) is 12.1 Å². The monoisotopic (exact) mass is 397 g/mol. The normalized spacial score (nSPS) is 10.6. The smallest absolute Gasteiger partial charge is 0.253 e. The lowest BCUT2D eigenvalue weighted by Gasteiger charge is -2.15. The number of para-hydroxylation sites is 2. The Morgan fingerprint density at radius 3 is 2.53 bits per heavy atom. The average Bonchev–Trinajstić information content (AvgIpc) is 3.15. The Morgan fingerprint density at radius 1 is 1.03 bits per heavy atom. The number of ether oxygens (including phenoxy) is 1. The van der Waals surface area contributed by atoms with Crippen LogP contribution in [0.15, 0.2) is 85.2 Å². The van der Waals surface area contributed by atoms with E-state index in [2.05, 4.69) is 14.9 Å². The number of aromatic nitrogens is 2. The number of hydrogen-bond donors (Lipinski definition) is 1. The van der Waals surface area contributed by atoms with E-state index in [0.717, 1.165) is 34.0 Å². The van der Waals surface area contributed by atoms with E-state index in [9.17, 15) is 4.79 Å². The third kappa shape index (κ3) is 3.82. The molecule has 0 aliphatic rings. The topological polar surface area (TPSA) is 56.1 Å². The number of hydrogen-bond acceptors (Lipinski definition) is 3. The summed E-state index contributed by atoms with van der Waals surface area (Å²) in [6.07, 6.45) is 3.47. The maximum absolute atomic E-state index is 13.0. The van der Waals surface area contributed by atoms with Crippen LogP contribution in [0.4, 0.5) is 0 Å². The van der Waals surface area contributed by atoms with Crippen LogP contribution in [-0.4, -0.2) is 22.6 Å². The zero-order valence-electron chi connectivity index (χ0n) is 17.0. The predicted octanol–water partition coefficient (Wildman–Crippen LogP) is 4.79. The van der Waals surface area contributed by atoms with E-state index < -0.39 is 0 Å². The first-order chi connectivity index (χ1) is 14.7. The van der Waals surface area contributed by atoms with E-state index in [1.54, 1.807) is 19.5 Å². The van der Waals surface area contributed by atoms with Gasteiger partial charge in [-0.2, -0.15) is 0 Å². The fourth-order valence-corrected chi connectivity index (χ4v) is 3.56. The molecule has 0 unspecified atom stereocenters. The standard InChI is InChI=1S/C25H23N3O2/c1-18-21(25(29)27-17-19-9-8-14-26-16-19)15-23(20-10-4-3-5-11-20)28(18)22-12-6-7-13-24(22)30-2/h3-16H,17H2,1-2H3,(H,27,29). The molecule has 0 radical (unpaired) electrons. The van der Waals surface area contributed by atoms with E-state index in [4.69, 9.17) is 4.74 Å². The van der Waals surface area contributed by atoms with Gasteiger partial charge in [0.25, 0.3) is 5.91 Å². The highest BCUT2D eigenvalue weighted by Crippen LogP contribution is 2.33. The minimum Gasteiger partial charge on any atom is -0.495 e. The van der Waals surface area contributed by atoms with Crippen molar-refractivity contribution < 1.29 is 9.53 Å². The molecule has 0 fully saturated rings. The summed E-state index contributed by atoms with van der Waals surface area (Å²) in [5.74, 6) is 0.623. The van der Waals surface area contributed by atoms with Gasteiger partial charge in [0, 0.05) is 24.6 Å². The third-order valence-corrected chi connectivity index (χ3v) is 5.06. The second-order valence-corrected chi connectivity index (χ2v) is 6.95. The lowest BCUT2D eigenvalue weighted by atomic mass is 10.1. The summed E-state index contributed by atoms with van der Waals surface area (Å²) in [5.41, 5.74) is 5.28. The molecule has 4 rings (SSSR count). The predicted molar refractivity (Wildman–Crippen MR) is 118 cm³/mol. The van der Waals surface area contributed by atoms with Crippen molar-refractivity contribution in [2.75, 3.05) is 7.11 Å². The first-order valence-corrected chi connectivity index (χ1v) is 9.77. The minimum atomic E-state index is -0.123. The molecule has 1 N–H and O–H groups in total. The van der Waals surface area contributed by atoms with Crippen LogP contribution in [0, 0.1) is 6.92 Å². The Labute approximate surface area is 176 Å². The first-order valence-electron chi connectivity index (χ1n) is 9.77. The van der Waals surface area contributed by atoms with Gasteiger partial charge in [-0.1, -0.05) is 48.5 Å². The summed E-state index contributed by atoms with van der Waals surface area (Å²) in [6.45, 7) is 2.38. The Hall–Kier alpha value is -3.86. The molecule has 0 spiro atoms. The fourth-order valence-electron chi connectivity index (χ4n) is 3.56. The summed E-state index contributed by atoms with van der Waals surface area (Å²) in [7, 11) is 1.65. The van der Waals surface area contributed by atoms with Crippen LogP contribution in [0.5, 0.6) is 5.75 Å². The molecule has 0 aliphatic heterocycles. The van der Waals surface area contributed by atoms with Crippen LogP contribution in [-0.2, 0) is 6.54 Å². The van der Waals surface area contributed by atoms with Crippen LogP contribution in [0.25, 0.3) is 16.9 Å². The molecule has 0 aliphatic carbocycles. The van der Waals surface area contributed by atoms with Gasteiger partial charge in [0.05, 0.1) is 24.1 Å². The van der Waals surface area contributed by atoms with Crippen molar-refractivity contribution in [1.29, 1.82) is 0 Å². The van der Waals surface area contributed by atoms with Gasteiger partial charge in [-0.25, -0.2) is 0 Å². The maximum atomic E-state index is 13.0. The number of carbonyl (C=O) groups is 1. The lowest BCUT2D eigenvalue weighted by Crippen LogP contribution is -2.23. The second-order valence-electron chi connectivity index (χ2n) is 6.95. The molecule has 0 saturated carbocycles. The van der Waals surface area contributed by atoms with Crippen molar-refractivity contribution in [1.82, 2.24) is 14.9 Å². The molecule has 30 heavy (non-hydrogen) atoms. The summed E-state index contributed by atoms with van der Waals surface area (Å²) in [5, 5.41) is 3.00. The van der Waals surface area contributed by atoms with Gasteiger partial charge in [0.2, 0.25) is 0 Å². The molecule has 2 aromatic carbocycles. The minimum absolute atomic E-state index is 0.123. The highest BCUT2D eigenvalue weighted by atomic mass is 16.5. The number of benzene rings is 2. The highest BCUT2D eigenvalue weighted by molar-refractivity contribution is 5.97. The SMILES string of the molecule is COc1ccccc1-n1c(-c2ccccc2)cc(C(=O)NCc2cccnc2)c1C. The van der Waals surface area contributed by atoms with Crippen LogP contribution in [0.1, 0.15) is 21.6 Å². The molecule has 0 saturated heterocycles. The van der Waals surface area contributed by atoms with Crippen LogP contribution in [0.3, 0.4) is 0 Å². The quantitative estimate of drug-likeness (QED) is 0.509. The van der Waals surface area contributed by atoms with Gasteiger partial charge in [0.1, 0.15) is 5.75 Å². The summed E-state index contributed by atoms with van der Waals surface area (Å²) >= 11 is 0. The number of nitrogens with zero attached hydrogens (tertiary/aromatic N) is 2. The molecule has 4 aromatic rings. The number of methoxy groups -OCH3 is 1. The van der Waals surface area contributed by atoms with Crippen LogP contribution in [0.2, 0.25) is 0 Å². The Bertz CT molecular complexity index is 1150. The van der Waals surface area contributed by atoms with Crippen LogP contribution < -0.4 is 10.1 Å². The van der Waals surface area contributed by atoms with Gasteiger partial charge >= 0.3 is 0 Å². The summed E-state index contributed by atoms with van der Waals surface area (Å²) in [4.78, 5) is 17.1. The van der Waals surface area contributed by atoms with E-state index >= 15 is 0 Å². The molecule has 0 atom stereocenters. The first kappa shape index (κ1) is 19.5. The van der Waals surface area contributed by atoms with E-state index in [1.165, 1.54) is 0 Å². The summed E-state index contributed by atoms with van der Waals surface area (Å²) in [6, 6.07) is 23.6. The number of pyridine rings is 1. The molecule has 2 heterocycles. The van der Waals surface area contributed by atoms with Crippen molar-refractivity contribution in [2.45, 2.75) is 13.5 Å².